The maximum atomic E-state index is 12.2. The van der Waals surface area contributed by atoms with Crippen LogP contribution in [-0.4, -0.2) is 48.9 Å². The molecule has 0 spiro atoms. The van der Waals surface area contributed by atoms with Crippen LogP contribution in [0.4, 0.5) is 26.3 Å². The minimum atomic E-state index is -5.49. The highest BCUT2D eigenvalue weighted by Gasteiger charge is 2.57. The van der Waals surface area contributed by atoms with Gasteiger partial charge >= 0.3 is 12.4 Å². The number of aliphatic hydroxyl groups is 1. The normalized spacial score (nSPS) is 16.3. The standard InChI is InChI=1S/C12H21F6NO2/c1-3-10(8-20,19-4-2)6-5-7-21-9(11(13,14)15)12(16,17)18/h9,19-20H,3-8H2,1-2H3. The maximum Gasteiger partial charge on any atom is 0.423 e. The van der Waals surface area contributed by atoms with E-state index < -0.39 is 30.6 Å². The van der Waals surface area contributed by atoms with Crippen molar-refractivity contribution in [1.82, 2.24) is 5.32 Å². The van der Waals surface area contributed by atoms with Crippen LogP contribution < -0.4 is 5.32 Å². The molecular weight excluding hydrogens is 304 g/mol. The lowest BCUT2D eigenvalue weighted by atomic mass is 9.91. The molecule has 0 aromatic heterocycles. The third kappa shape index (κ3) is 6.84. The largest absolute Gasteiger partial charge is 0.423 e. The Hall–Kier alpha value is -0.540. The fraction of sp³-hybridized carbons (Fsp3) is 1.00. The Balaban J connectivity index is 4.46. The summed E-state index contributed by atoms with van der Waals surface area (Å²) in [5, 5.41) is 12.3. The minimum absolute atomic E-state index is 0.0237. The van der Waals surface area contributed by atoms with Gasteiger partial charge in [0.15, 0.2) is 0 Å². The number of hydrogen-bond acceptors (Lipinski definition) is 3. The number of likely N-dealkylation sites (N-methyl/N-ethyl adjacent to an activating group) is 1. The summed E-state index contributed by atoms with van der Waals surface area (Å²) in [6.45, 7) is 3.16. The second-order valence-electron chi connectivity index (χ2n) is 4.76. The predicted molar refractivity (Wildman–Crippen MR) is 64.9 cm³/mol. The molecule has 3 nitrogen and oxygen atoms in total. The van der Waals surface area contributed by atoms with Crippen molar-refractivity contribution in [2.75, 3.05) is 19.8 Å². The Morgan fingerprint density at radius 3 is 1.90 bits per heavy atom. The Labute approximate surface area is 119 Å². The smallest absolute Gasteiger partial charge is 0.394 e. The summed E-state index contributed by atoms with van der Waals surface area (Å²) in [4.78, 5) is 0. The molecule has 0 aromatic rings. The fourth-order valence-electron chi connectivity index (χ4n) is 2.00. The van der Waals surface area contributed by atoms with E-state index in [1.807, 2.05) is 0 Å². The van der Waals surface area contributed by atoms with Gasteiger partial charge in [-0.2, -0.15) is 26.3 Å². The molecule has 128 valence electrons. The van der Waals surface area contributed by atoms with Crippen molar-refractivity contribution in [2.24, 2.45) is 0 Å². The van der Waals surface area contributed by atoms with Crippen LogP contribution in [0.25, 0.3) is 0 Å². The van der Waals surface area contributed by atoms with Crippen LogP contribution in [0.5, 0.6) is 0 Å². The first kappa shape index (κ1) is 20.5. The van der Waals surface area contributed by atoms with Crippen molar-refractivity contribution in [3.63, 3.8) is 0 Å². The molecule has 0 radical (unpaired) electrons. The number of rotatable bonds is 9. The first-order valence-corrected chi connectivity index (χ1v) is 6.63. The van der Waals surface area contributed by atoms with Gasteiger partial charge in [-0.05, 0) is 25.8 Å². The van der Waals surface area contributed by atoms with E-state index in [1.54, 1.807) is 13.8 Å². The van der Waals surface area contributed by atoms with Gasteiger partial charge in [-0.3, -0.25) is 0 Å². The molecule has 0 amide bonds. The molecule has 0 rings (SSSR count). The van der Waals surface area contributed by atoms with E-state index >= 15 is 0 Å². The molecule has 0 aliphatic heterocycles. The number of alkyl halides is 6. The van der Waals surface area contributed by atoms with Gasteiger partial charge in [0.25, 0.3) is 0 Å². The van der Waals surface area contributed by atoms with Gasteiger partial charge in [0.2, 0.25) is 6.10 Å². The zero-order chi connectivity index (χ0) is 16.7. The molecular formula is C12H21F6NO2. The van der Waals surface area contributed by atoms with Crippen LogP contribution in [0.15, 0.2) is 0 Å². The number of halogens is 6. The van der Waals surface area contributed by atoms with E-state index in [1.165, 1.54) is 0 Å². The van der Waals surface area contributed by atoms with Gasteiger partial charge < -0.3 is 15.2 Å². The number of hydrogen-bond donors (Lipinski definition) is 2. The van der Waals surface area contributed by atoms with E-state index in [0.29, 0.717) is 13.0 Å². The van der Waals surface area contributed by atoms with E-state index in [-0.39, 0.29) is 19.4 Å². The summed E-state index contributed by atoms with van der Waals surface area (Å²) in [5.74, 6) is 0. The molecule has 0 heterocycles. The molecule has 0 bridgehead atoms. The van der Waals surface area contributed by atoms with Crippen LogP contribution in [0.1, 0.15) is 33.1 Å². The number of aliphatic hydroxyl groups excluding tert-OH is 1. The summed E-state index contributed by atoms with van der Waals surface area (Å²) in [5.41, 5.74) is -0.704. The van der Waals surface area contributed by atoms with Crippen LogP contribution in [0.3, 0.4) is 0 Å². The molecule has 1 atom stereocenters. The zero-order valence-electron chi connectivity index (χ0n) is 11.9. The summed E-state index contributed by atoms with van der Waals surface area (Å²) in [6.07, 6.45) is -14.0. The first-order valence-electron chi connectivity index (χ1n) is 6.63. The molecule has 0 fully saturated rings. The minimum Gasteiger partial charge on any atom is -0.394 e. The van der Waals surface area contributed by atoms with Gasteiger partial charge in [-0.1, -0.05) is 13.8 Å². The van der Waals surface area contributed by atoms with Crippen molar-refractivity contribution in [3.05, 3.63) is 0 Å². The Kier molecular flexibility index (Phi) is 7.98. The molecule has 0 aliphatic rings. The molecule has 1 unspecified atom stereocenters. The molecule has 2 N–H and O–H groups in total. The quantitative estimate of drug-likeness (QED) is 0.506. The highest BCUT2D eigenvalue weighted by Crippen LogP contribution is 2.35. The van der Waals surface area contributed by atoms with E-state index in [4.69, 9.17) is 0 Å². The second-order valence-corrected chi connectivity index (χ2v) is 4.76. The molecule has 0 aromatic carbocycles. The highest BCUT2D eigenvalue weighted by molar-refractivity contribution is 4.85. The summed E-state index contributed by atoms with van der Waals surface area (Å²) < 4.78 is 77.4. The van der Waals surface area contributed by atoms with Crippen LogP contribution in [0.2, 0.25) is 0 Å². The average Bonchev–Trinajstić information content (AvgIpc) is 2.34. The van der Waals surface area contributed by atoms with Crippen molar-refractivity contribution >= 4 is 0 Å². The van der Waals surface area contributed by atoms with Gasteiger partial charge in [0.05, 0.1) is 6.61 Å². The van der Waals surface area contributed by atoms with Gasteiger partial charge in [-0.15, -0.1) is 0 Å². The molecule has 0 saturated heterocycles. The van der Waals surface area contributed by atoms with Gasteiger partial charge in [0, 0.05) is 12.1 Å². The lowest BCUT2D eigenvalue weighted by Crippen LogP contribution is -2.48. The highest BCUT2D eigenvalue weighted by atomic mass is 19.4. The molecule has 21 heavy (non-hydrogen) atoms. The maximum absolute atomic E-state index is 12.2. The van der Waals surface area contributed by atoms with Crippen molar-refractivity contribution in [1.29, 1.82) is 0 Å². The monoisotopic (exact) mass is 325 g/mol. The van der Waals surface area contributed by atoms with Crippen molar-refractivity contribution in [2.45, 2.75) is 57.1 Å². The topological polar surface area (TPSA) is 41.5 Å². The molecule has 9 heteroatoms. The van der Waals surface area contributed by atoms with Crippen LogP contribution >= 0.6 is 0 Å². The molecule has 0 saturated carbocycles. The van der Waals surface area contributed by atoms with Crippen LogP contribution in [-0.2, 0) is 4.74 Å². The predicted octanol–water partition coefficient (Wildman–Crippen LogP) is 3.03. The summed E-state index contributed by atoms with van der Waals surface area (Å²) >= 11 is 0. The summed E-state index contributed by atoms with van der Waals surface area (Å²) in [6, 6.07) is 0. The Morgan fingerprint density at radius 2 is 1.57 bits per heavy atom. The van der Waals surface area contributed by atoms with Crippen molar-refractivity contribution in [3.8, 4) is 0 Å². The van der Waals surface area contributed by atoms with Gasteiger partial charge in [-0.25, -0.2) is 0 Å². The SMILES string of the molecule is CCNC(CC)(CO)CCCOC(C(F)(F)F)C(F)(F)F. The van der Waals surface area contributed by atoms with Crippen molar-refractivity contribution < 1.29 is 36.2 Å². The Bertz CT molecular complexity index is 274. The number of ether oxygens (including phenoxy) is 1. The van der Waals surface area contributed by atoms with Crippen LogP contribution in [0, 0.1) is 0 Å². The third-order valence-corrected chi connectivity index (χ3v) is 3.21. The van der Waals surface area contributed by atoms with E-state index in [9.17, 15) is 31.4 Å². The Morgan fingerprint density at radius 1 is 1.05 bits per heavy atom. The lowest BCUT2D eigenvalue weighted by molar-refractivity contribution is -0.322. The zero-order valence-corrected chi connectivity index (χ0v) is 11.9. The van der Waals surface area contributed by atoms with Gasteiger partial charge in [0.1, 0.15) is 0 Å². The second kappa shape index (κ2) is 8.19. The first-order chi connectivity index (χ1) is 9.52. The lowest BCUT2D eigenvalue weighted by Gasteiger charge is -2.32. The fourth-order valence-corrected chi connectivity index (χ4v) is 2.00. The average molecular weight is 325 g/mol. The van der Waals surface area contributed by atoms with E-state index in [2.05, 4.69) is 10.1 Å². The third-order valence-electron chi connectivity index (χ3n) is 3.21. The summed E-state index contributed by atoms with van der Waals surface area (Å²) in [7, 11) is 0. The number of nitrogens with one attached hydrogen (secondary N) is 1. The van der Waals surface area contributed by atoms with E-state index in [0.717, 1.165) is 0 Å². The molecule has 0 aliphatic carbocycles.